The third-order valence-electron chi connectivity index (χ3n) is 4.63. The van der Waals surface area contributed by atoms with E-state index < -0.39 is 0 Å². The van der Waals surface area contributed by atoms with Crippen molar-refractivity contribution in [2.45, 2.75) is 26.2 Å². The van der Waals surface area contributed by atoms with Crippen molar-refractivity contribution in [3.63, 3.8) is 0 Å². The first kappa shape index (κ1) is 15.9. The lowest BCUT2D eigenvalue weighted by Gasteiger charge is -2.25. The van der Waals surface area contributed by atoms with E-state index in [0.29, 0.717) is 5.56 Å². The summed E-state index contributed by atoms with van der Waals surface area (Å²) in [7, 11) is 0. The molecule has 0 spiro atoms. The van der Waals surface area contributed by atoms with Gasteiger partial charge in [0.15, 0.2) is 0 Å². The number of halogens is 1. The zero-order valence-electron chi connectivity index (χ0n) is 13.8. The SMILES string of the molecule is C/C(=C/CN1CCCCC1)c1ccc(-c2ccccc2F)cc1. The molecule has 0 unspecified atom stereocenters. The van der Waals surface area contributed by atoms with Crippen LogP contribution >= 0.6 is 0 Å². The molecule has 2 aromatic carbocycles. The van der Waals surface area contributed by atoms with Gasteiger partial charge < -0.3 is 0 Å². The highest BCUT2D eigenvalue weighted by molar-refractivity contribution is 5.69. The van der Waals surface area contributed by atoms with Crippen molar-refractivity contribution < 1.29 is 4.39 Å². The fourth-order valence-electron chi connectivity index (χ4n) is 3.13. The first-order valence-electron chi connectivity index (χ1n) is 8.48. The van der Waals surface area contributed by atoms with Crippen LogP contribution in [0.4, 0.5) is 4.39 Å². The molecule has 2 heteroatoms. The van der Waals surface area contributed by atoms with E-state index in [9.17, 15) is 4.39 Å². The standard InChI is InChI=1S/C21H24FN/c1-17(13-16-23-14-5-2-6-15-23)18-9-11-19(12-10-18)20-7-3-4-8-21(20)22/h3-4,7-13H,2,5-6,14-16H2,1H3/b17-13-. The van der Waals surface area contributed by atoms with E-state index in [-0.39, 0.29) is 5.82 Å². The van der Waals surface area contributed by atoms with Crippen LogP contribution in [0.15, 0.2) is 54.6 Å². The minimum absolute atomic E-state index is 0.169. The molecule has 1 aliphatic rings. The zero-order valence-corrected chi connectivity index (χ0v) is 13.8. The summed E-state index contributed by atoms with van der Waals surface area (Å²) in [4.78, 5) is 2.51. The lowest BCUT2D eigenvalue weighted by atomic mass is 10.0. The number of rotatable bonds is 4. The summed E-state index contributed by atoms with van der Waals surface area (Å²) >= 11 is 0. The number of benzene rings is 2. The van der Waals surface area contributed by atoms with Gasteiger partial charge in [0.05, 0.1) is 0 Å². The van der Waals surface area contributed by atoms with Crippen molar-refractivity contribution >= 4 is 5.57 Å². The molecule has 2 aromatic rings. The molecule has 0 amide bonds. The van der Waals surface area contributed by atoms with Gasteiger partial charge in [0, 0.05) is 12.1 Å². The number of allylic oxidation sites excluding steroid dienone is 1. The van der Waals surface area contributed by atoms with E-state index in [0.717, 1.165) is 12.1 Å². The van der Waals surface area contributed by atoms with Gasteiger partial charge in [0.1, 0.15) is 5.82 Å². The lowest BCUT2D eigenvalue weighted by molar-refractivity contribution is 0.251. The number of hydrogen-bond donors (Lipinski definition) is 0. The Kier molecular flexibility index (Phi) is 5.24. The second-order valence-electron chi connectivity index (χ2n) is 6.31. The molecule has 0 N–H and O–H groups in total. The highest BCUT2D eigenvalue weighted by Gasteiger charge is 2.08. The van der Waals surface area contributed by atoms with Crippen LogP contribution in [-0.4, -0.2) is 24.5 Å². The van der Waals surface area contributed by atoms with Crippen LogP contribution in [0.1, 0.15) is 31.7 Å². The number of hydrogen-bond acceptors (Lipinski definition) is 1. The van der Waals surface area contributed by atoms with Crippen molar-refractivity contribution in [3.05, 3.63) is 66.0 Å². The van der Waals surface area contributed by atoms with E-state index in [2.05, 4.69) is 30.0 Å². The molecule has 23 heavy (non-hydrogen) atoms. The first-order valence-corrected chi connectivity index (χ1v) is 8.48. The Balaban J connectivity index is 1.70. The molecule has 0 saturated carbocycles. The zero-order chi connectivity index (χ0) is 16.1. The molecule has 0 radical (unpaired) electrons. The second kappa shape index (κ2) is 7.56. The van der Waals surface area contributed by atoms with Gasteiger partial charge in [-0.3, -0.25) is 4.90 Å². The van der Waals surface area contributed by atoms with Crippen molar-refractivity contribution in [1.29, 1.82) is 0 Å². The fraction of sp³-hybridized carbons (Fsp3) is 0.333. The molecule has 0 aliphatic carbocycles. The van der Waals surface area contributed by atoms with Crippen molar-refractivity contribution in [1.82, 2.24) is 4.90 Å². The molecule has 0 bridgehead atoms. The van der Waals surface area contributed by atoms with Crippen molar-refractivity contribution in [2.75, 3.05) is 19.6 Å². The van der Waals surface area contributed by atoms with Crippen LogP contribution in [0, 0.1) is 5.82 Å². The molecular weight excluding hydrogens is 285 g/mol. The summed E-state index contributed by atoms with van der Waals surface area (Å²) < 4.78 is 13.8. The monoisotopic (exact) mass is 309 g/mol. The summed E-state index contributed by atoms with van der Waals surface area (Å²) in [6, 6.07) is 15.1. The van der Waals surface area contributed by atoms with Crippen molar-refractivity contribution in [3.8, 4) is 11.1 Å². The third kappa shape index (κ3) is 4.08. The van der Waals surface area contributed by atoms with Crippen molar-refractivity contribution in [2.24, 2.45) is 0 Å². The molecule has 120 valence electrons. The van der Waals surface area contributed by atoms with E-state index in [4.69, 9.17) is 0 Å². The predicted molar refractivity (Wildman–Crippen MR) is 95.8 cm³/mol. The Morgan fingerprint density at radius 2 is 1.70 bits per heavy atom. The van der Waals surface area contributed by atoms with Gasteiger partial charge in [-0.25, -0.2) is 4.39 Å². The Bertz CT molecular complexity index is 666. The molecule has 3 rings (SSSR count). The average molecular weight is 309 g/mol. The molecular formula is C21H24FN. The Hall–Kier alpha value is -1.93. The van der Waals surface area contributed by atoms with E-state index >= 15 is 0 Å². The lowest BCUT2D eigenvalue weighted by Crippen LogP contribution is -2.29. The number of piperidine rings is 1. The van der Waals surface area contributed by atoms with Crippen LogP contribution in [0.2, 0.25) is 0 Å². The van der Waals surface area contributed by atoms with Gasteiger partial charge >= 0.3 is 0 Å². The number of likely N-dealkylation sites (tertiary alicyclic amines) is 1. The second-order valence-corrected chi connectivity index (χ2v) is 6.31. The largest absolute Gasteiger partial charge is 0.300 e. The van der Waals surface area contributed by atoms with Gasteiger partial charge in [-0.15, -0.1) is 0 Å². The summed E-state index contributed by atoms with van der Waals surface area (Å²) in [6.07, 6.45) is 6.33. The average Bonchev–Trinajstić information content (AvgIpc) is 2.61. The summed E-state index contributed by atoms with van der Waals surface area (Å²) in [5.74, 6) is -0.169. The fourth-order valence-corrected chi connectivity index (χ4v) is 3.13. The van der Waals surface area contributed by atoms with Crippen LogP contribution in [-0.2, 0) is 0 Å². The van der Waals surface area contributed by atoms with Gasteiger partial charge in [-0.2, -0.15) is 0 Å². The van der Waals surface area contributed by atoms with Crippen LogP contribution in [0.25, 0.3) is 16.7 Å². The van der Waals surface area contributed by atoms with E-state index in [1.165, 1.54) is 49.6 Å². The Morgan fingerprint density at radius 3 is 2.39 bits per heavy atom. The van der Waals surface area contributed by atoms with Crippen LogP contribution in [0.5, 0.6) is 0 Å². The molecule has 0 atom stereocenters. The minimum atomic E-state index is -0.169. The predicted octanol–water partition coefficient (Wildman–Crippen LogP) is 5.38. The first-order chi connectivity index (χ1) is 11.2. The van der Waals surface area contributed by atoms with Crippen LogP contribution < -0.4 is 0 Å². The maximum atomic E-state index is 13.8. The molecule has 1 fully saturated rings. The topological polar surface area (TPSA) is 3.24 Å². The Morgan fingerprint density at radius 1 is 1.00 bits per heavy atom. The molecule has 1 aliphatic heterocycles. The minimum Gasteiger partial charge on any atom is -0.300 e. The third-order valence-corrected chi connectivity index (χ3v) is 4.63. The highest BCUT2D eigenvalue weighted by atomic mass is 19.1. The van der Waals surface area contributed by atoms with Crippen LogP contribution in [0.3, 0.4) is 0 Å². The summed E-state index contributed by atoms with van der Waals surface area (Å²) in [6.45, 7) is 5.62. The Labute approximate surface area is 138 Å². The molecule has 0 aromatic heterocycles. The van der Waals surface area contributed by atoms with E-state index in [1.54, 1.807) is 6.07 Å². The van der Waals surface area contributed by atoms with Gasteiger partial charge in [0.2, 0.25) is 0 Å². The van der Waals surface area contributed by atoms with E-state index in [1.807, 2.05) is 24.3 Å². The van der Waals surface area contributed by atoms with Gasteiger partial charge in [-0.05, 0) is 55.6 Å². The number of nitrogens with zero attached hydrogens (tertiary/aromatic N) is 1. The maximum Gasteiger partial charge on any atom is 0.131 e. The summed E-state index contributed by atoms with van der Waals surface area (Å²) in [5, 5.41) is 0. The molecule has 1 saturated heterocycles. The van der Waals surface area contributed by atoms with Gasteiger partial charge in [0.25, 0.3) is 0 Å². The molecule has 1 nitrogen and oxygen atoms in total. The maximum absolute atomic E-state index is 13.8. The smallest absolute Gasteiger partial charge is 0.131 e. The summed E-state index contributed by atoms with van der Waals surface area (Å²) in [5.41, 5.74) is 4.09. The highest BCUT2D eigenvalue weighted by Crippen LogP contribution is 2.24. The molecule has 1 heterocycles. The van der Waals surface area contributed by atoms with Gasteiger partial charge in [-0.1, -0.05) is 55.0 Å². The normalized spacial score (nSPS) is 16.5. The quantitative estimate of drug-likeness (QED) is 0.732.